The summed E-state index contributed by atoms with van der Waals surface area (Å²) in [6.45, 7) is 2.55. The zero-order valence-electron chi connectivity index (χ0n) is 11.1. The Labute approximate surface area is 138 Å². The molecule has 0 fully saturated rings. The van der Waals surface area contributed by atoms with Crippen LogP contribution in [0.2, 0.25) is 0 Å². The van der Waals surface area contributed by atoms with Crippen LogP contribution >= 0.6 is 31.9 Å². The maximum Gasteiger partial charge on any atom is 0.259 e. The molecule has 1 amide bonds. The van der Waals surface area contributed by atoms with Crippen molar-refractivity contribution >= 4 is 49.3 Å². The van der Waals surface area contributed by atoms with E-state index in [9.17, 15) is 9.18 Å². The van der Waals surface area contributed by atoms with Gasteiger partial charge in [-0.1, -0.05) is 0 Å². The molecule has 1 aromatic carbocycles. The van der Waals surface area contributed by atoms with Crippen LogP contribution in [0, 0.1) is 5.82 Å². The van der Waals surface area contributed by atoms with Crippen molar-refractivity contribution < 1.29 is 9.18 Å². The maximum absolute atomic E-state index is 13.5. The summed E-state index contributed by atoms with van der Waals surface area (Å²) in [7, 11) is 0. The molecular formula is C14H12Br2FN3O. The lowest BCUT2D eigenvalue weighted by Gasteiger charge is -2.11. The summed E-state index contributed by atoms with van der Waals surface area (Å²) in [6.07, 6.45) is 1.61. The van der Waals surface area contributed by atoms with Crippen molar-refractivity contribution in [3.05, 3.63) is 50.8 Å². The minimum atomic E-state index is -0.438. The number of hydrogen-bond donors (Lipinski definition) is 2. The van der Waals surface area contributed by atoms with Crippen LogP contribution in [0.3, 0.4) is 0 Å². The highest BCUT2D eigenvalue weighted by molar-refractivity contribution is 9.10. The summed E-state index contributed by atoms with van der Waals surface area (Å²) < 4.78 is 14.5. The van der Waals surface area contributed by atoms with Crippen molar-refractivity contribution in [2.45, 2.75) is 6.92 Å². The maximum atomic E-state index is 13.5. The van der Waals surface area contributed by atoms with Crippen molar-refractivity contribution in [2.24, 2.45) is 0 Å². The normalized spacial score (nSPS) is 10.3. The second-order valence-electron chi connectivity index (χ2n) is 4.16. The topological polar surface area (TPSA) is 54.0 Å². The molecule has 4 nitrogen and oxygen atoms in total. The highest BCUT2D eigenvalue weighted by Crippen LogP contribution is 2.22. The van der Waals surface area contributed by atoms with E-state index in [1.54, 1.807) is 18.3 Å². The average molecular weight is 417 g/mol. The smallest absolute Gasteiger partial charge is 0.259 e. The Morgan fingerprint density at radius 3 is 2.76 bits per heavy atom. The number of carbonyl (C=O) groups excluding carboxylic acids is 1. The SMILES string of the molecule is CCNc1ncc(Br)cc1C(=O)Nc1ccc(Br)c(F)c1. The molecule has 0 spiro atoms. The molecule has 110 valence electrons. The Balaban J connectivity index is 2.27. The molecule has 0 aliphatic carbocycles. The average Bonchev–Trinajstić information content (AvgIpc) is 2.45. The van der Waals surface area contributed by atoms with Gasteiger partial charge in [0.2, 0.25) is 0 Å². The van der Waals surface area contributed by atoms with Gasteiger partial charge in [-0.25, -0.2) is 9.37 Å². The van der Waals surface area contributed by atoms with Gasteiger partial charge in [0.1, 0.15) is 11.6 Å². The summed E-state index contributed by atoms with van der Waals surface area (Å²) >= 11 is 6.35. The lowest BCUT2D eigenvalue weighted by atomic mass is 10.2. The molecule has 2 aromatic rings. The lowest BCUT2D eigenvalue weighted by molar-refractivity contribution is 0.102. The highest BCUT2D eigenvalue weighted by Gasteiger charge is 2.14. The summed E-state index contributed by atoms with van der Waals surface area (Å²) in [6, 6.07) is 6.06. The van der Waals surface area contributed by atoms with Gasteiger partial charge in [-0.2, -0.15) is 0 Å². The van der Waals surface area contributed by atoms with Crippen LogP contribution in [0.5, 0.6) is 0 Å². The number of amides is 1. The largest absolute Gasteiger partial charge is 0.370 e. The molecule has 2 rings (SSSR count). The Morgan fingerprint density at radius 2 is 2.10 bits per heavy atom. The molecule has 7 heteroatoms. The fourth-order valence-corrected chi connectivity index (χ4v) is 2.27. The molecule has 1 heterocycles. The number of benzene rings is 1. The quantitative estimate of drug-likeness (QED) is 0.775. The number of halogens is 3. The molecule has 0 radical (unpaired) electrons. The van der Waals surface area contributed by atoms with Crippen LogP contribution in [0.4, 0.5) is 15.9 Å². The zero-order chi connectivity index (χ0) is 15.4. The second-order valence-corrected chi connectivity index (χ2v) is 5.93. The number of rotatable bonds is 4. The molecule has 0 atom stereocenters. The number of pyridine rings is 1. The van der Waals surface area contributed by atoms with Gasteiger partial charge in [-0.15, -0.1) is 0 Å². The van der Waals surface area contributed by atoms with Crippen LogP contribution in [0.25, 0.3) is 0 Å². The Morgan fingerprint density at radius 1 is 1.33 bits per heavy atom. The Kier molecular flexibility index (Phi) is 5.30. The summed E-state index contributed by atoms with van der Waals surface area (Å²) in [5, 5.41) is 5.67. The van der Waals surface area contributed by atoms with E-state index < -0.39 is 5.82 Å². The van der Waals surface area contributed by atoms with E-state index >= 15 is 0 Å². The number of nitrogens with zero attached hydrogens (tertiary/aromatic N) is 1. The highest BCUT2D eigenvalue weighted by atomic mass is 79.9. The zero-order valence-corrected chi connectivity index (χ0v) is 14.3. The second kappa shape index (κ2) is 7.00. The van der Waals surface area contributed by atoms with Gasteiger partial charge in [0.05, 0.1) is 10.0 Å². The number of carbonyl (C=O) groups is 1. The predicted molar refractivity (Wildman–Crippen MR) is 88.2 cm³/mol. The first-order valence-electron chi connectivity index (χ1n) is 6.17. The van der Waals surface area contributed by atoms with Crippen LogP contribution < -0.4 is 10.6 Å². The van der Waals surface area contributed by atoms with E-state index in [1.807, 2.05) is 6.92 Å². The fourth-order valence-electron chi connectivity index (χ4n) is 1.69. The van der Waals surface area contributed by atoms with Crippen LogP contribution in [-0.4, -0.2) is 17.4 Å². The number of hydrogen-bond acceptors (Lipinski definition) is 3. The van der Waals surface area contributed by atoms with Crippen molar-refractivity contribution in [1.82, 2.24) is 4.98 Å². The molecule has 0 bridgehead atoms. The van der Waals surface area contributed by atoms with E-state index in [0.717, 1.165) is 0 Å². The first-order valence-corrected chi connectivity index (χ1v) is 7.75. The molecule has 21 heavy (non-hydrogen) atoms. The predicted octanol–water partition coefficient (Wildman–Crippen LogP) is 4.43. The van der Waals surface area contributed by atoms with Crippen molar-refractivity contribution in [1.29, 1.82) is 0 Å². The third-order valence-corrected chi connectivity index (χ3v) is 3.70. The van der Waals surface area contributed by atoms with Gasteiger partial charge in [-0.3, -0.25) is 4.79 Å². The minimum absolute atomic E-state index is 0.345. The van der Waals surface area contributed by atoms with Crippen LogP contribution in [-0.2, 0) is 0 Å². The molecule has 0 aliphatic heterocycles. The molecule has 0 saturated carbocycles. The summed E-state index contributed by atoms with van der Waals surface area (Å²) in [4.78, 5) is 16.5. The fraction of sp³-hybridized carbons (Fsp3) is 0.143. The number of aromatic nitrogens is 1. The summed E-state index contributed by atoms with van der Waals surface area (Å²) in [5.74, 6) is -0.315. The Hall–Kier alpha value is -1.47. The van der Waals surface area contributed by atoms with Gasteiger partial charge in [-0.05, 0) is 63.0 Å². The molecule has 0 unspecified atom stereocenters. The van der Waals surface area contributed by atoms with Crippen molar-refractivity contribution in [3.63, 3.8) is 0 Å². The standard InChI is InChI=1S/C14H12Br2FN3O/c1-2-18-13-10(5-8(15)7-19-13)14(21)20-9-3-4-11(16)12(17)6-9/h3-7H,2H2,1H3,(H,18,19)(H,20,21). The third kappa shape index (κ3) is 4.01. The number of anilines is 2. The van der Waals surface area contributed by atoms with Crippen LogP contribution in [0.15, 0.2) is 39.4 Å². The minimum Gasteiger partial charge on any atom is -0.370 e. The molecular weight excluding hydrogens is 405 g/mol. The van der Waals surface area contributed by atoms with Crippen molar-refractivity contribution in [3.8, 4) is 0 Å². The van der Waals surface area contributed by atoms with Gasteiger partial charge in [0.15, 0.2) is 0 Å². The van der Waals surface area contributed by atoms with E-state index in [4.69, 9.17) is 0 Å². The van der Waals surface area contributed by atoms with E-state index in [2.05, 4.69) is 47.5 Å². The summed E-state index contributed by atoms with van der Waals surface area (Å²) in [5.41, 5.74) is 0.762. The first kappa shape index (κ1) is 15.9. The van der Waals surface area contributed by atoms with Gasteiger partial charge < -0.3 is 10.6 Å². The molecule has 1 aromatic heterocycles. The monoisotopic (exact) mass is 415 g/mol. The van der Waals surface area contributed by atoms with E-state index in [1.165, 1.54) is 12.1 Å². The molecule has 2 N–H and O–H groups in total. The van der Waals surface area contributed by atoms with E-state index in [0.29, 0.717) is 32.6 Å². The van der Waals surface area contributed by atoms with Crippen molar-refractivity contribution in [2.75, 3.05) is 17.2 Å². The van der Waals surface area contributed by atoms with Gasteiger partial charge in [0.25, 0.3) is 5.91 Å². The van der Waals surface area contributed by atoms with E-state index in [-0.39, 0.29) is 5.91 Å². The lowest BCUT2D eigenvalue weighted by Crippen LogP contribution is -2.16. The molecule has 0 saturated heterocycles. The van der Waals surface area contributed by atoms with Crippen LogP contribution in [0.1, 0.15) is 17.3 Å². The van der Waals surface area contributed by atoms with Gasteiger partial charge >= 0.3 is 0 Å². The first-order chi connectivity index (χ1) is 10.0. The van der Waals surface area contributed by atoms with Gasteiger partial charge in [0, 0.05) is 22.9 Å². The third-order valence-electron chi connectivity index (χ3n) is 2.62. The Bertz CT molecular complexity index is 679. The number of nitrogens with one attached hydrogen (secondary N) is 2. The molecule has 0 aliphatic rings.